The Morgan fingerprint density at radius 1 is 1.54 bits per heavy atom. The van der Waals surface area contributed by atoms with Crippen LogP contribution in [0, 0.1) is 0 Å². The summed E-state index contributed by atoms with van der Waals surface area (Å²) in [5.74, 6) is 0.209. The summed E-state index contributed by atoms with van der Waals surface area (Å²) < 4.78 is 15.0. The van der Waals surface area contributed by atoms with Crippen LogP contribution >= 0.6 is 0 Å². The van der Waals surface area contributed by atoms with Gasteiger partial charge in [0.1, 0.15) is 6.67 Å². The van der Waals surface area contributed by atoms with Gasteiger partial charge in [-0.05, 0) is 20.8 Å². The summed E-state index contributed by atoms with van der Waals surface area (Å²) >= 11 is 0. The Kier molecular flexibility index (Phi) is 2.85. The molecule has 0 atom stereocenters. The van der Waals surface area contributed by atoms with E-state index in [1.54, 1.807) is 6.92 Å². The lowest BCUT2D eigenvalue weighted by atomic mass is 10.4. The summed E-state index contributed by atoms with van der Waals surface area (Å²) in [7, 11) is 0. The monoisotopic (exact) mass is 187 g/mol. The van der Waals surface area contributed by atoms with Crippen LogP contribution in [0.15, 0.2) is 4.79 Å². The van der Waals surface area contributed by atoms with Gasteiger partial charge in [0, 0.05) is 6.54 Å². The average molecular weight is 187 g/mol. The number of hydrogen-bond donors (Lipinski definition) is 0. The molecule has 4 nitrogen and oxygen atoms in total. The van der Waals surface area contributed by atoms with Gasteiger partial charge in [0.2, 0.25) is 0 Å². The van der Waals surface area contributed by atoms with E-state index in [0.717, 1.165) is 0 Å². The first-order chi connectivity index (χ1) is 6.11. The van der Waals surface area contributed by atoms with Crippen molar-refractivity contribution in [3.8, 4) is 0 Å². The lowest BCUT2D eigenvalue weighted by Gasteiger charge is -2.00. The molecule has 0 aliphatic rings. The standard InChI is InChI=1S/C8H14FN3O/c1-4-11-7(5-9)10-12(6(2)3)8(11)13/h6H,4-5H2,1-3H3. The Morgan fingerprint density at radius 3 is 2.46 bits per heavy atom. The third kappa shape index (κ3) is 1.64. The molecule has 0 aromatic carbocycles. The maximum Gasteiger partial charge on any atom is 0.346 e. The summed E-state index contributed by atoms with van der Waals surface area (Å²) in [4.78, 5) is 11.5. The molecular weight excluding hydrogens is 173 g/mol. The molecular formula is C8H14FN3O. The predicted molar refractivity (Wildman–Crippen MR) is 47.4 cm³/mol. The van der Waals surface area contributed by atoms with Gasteiger partial charge in [-0.25, -0.2) is 13.9 Å². The fraction of sp³-hybridized carbons (Fsp3) is 0.750. The Hall–Kier alpha value is -1.13. The molecule has 0 bridgehead atoms. The molecule has 0 spiro atoms. The van der Waals surface area contributed by atoms with E-state index in [1.807, 2.05) is 13.8 Å². The van der Waals surface area contributed by atoms with Crippen LogP contribution in [0.5, 0.6) is 0 Å². The van der Waals surface area contributed by atoms with Crippen LogP contribution in [0.25, 0.3) is 0 Å². The molecule has 13 heavy (non-hydrogen) atoms. The first-order valence-electron chi connectivity index (χ1n) is 4.36. The van der Waals surface area contributed by atoms with Gasteiger partial charge in [0.05, 0.1) is 6.04 Å². The number of aromatic nitrogens is 3. The maximum absolute atomic E-state index is 12.4. The number of rotatable bonds is 3. The second-order valence-corrected chi connectivity index (χ2v) is 3.12. The number of hydrogen-bond acceptors (Lipinski definition) is 2. The lowest BCUT2D eigenvalue weighted by molar-refractivity contribution is 0.441. The second-order valence-electron chi connectivity index (χ2n) is 3.12. The predicted octanol–water partition coefficient (Wildman–Crippen LogP) is 1.12. The fourth-order valence-corrected chi connectivity index (χ4v) is 1.21. The van der Waals surface area contributed by atoms with Crippen molar-refractivity contribution >= 4 is 0 Å². The molecule has 5 heteroatoms. The molecule has 0 unspecified atom stereocenters. The lowest BCUT2D eigenvalue weighted by Crippen LogP contribution is -2.26. The molecule has 1 rings (SSSR count). The van der Waals surface area contributed by atoms with Crippen LogP contribution in [-0.2, 0) is 13.2 Å². The highest BCUT2D eigenvalue weighted by Gasteiger charge is 2.12. The molecule has 0 saturated heterocycles. The van der Waals surface area contributed by atoms with E-state index in [1.165, 1.54) is 9.25 Å². The van der Waals surface area contributed by atoms with Crippen LogP contribution in [0.2, 0.25) is 0 Å². The van der Waals surface area contributed by atoms with Crippen LogP contribution in [0.1, 0.15) is 32.6 Å². The summed E-state index contributed by atoms with van der Waals surface area (Å²) in [5.41, 5.74) is -0.231. The van der Waals surface area contributed by atoms with E-state index in [4.69, 9.17) is 0 Å². The van der Waals surface area contributed by atoms with E-state index >= 15 is 0 Å². The quantitative estimate of drug-likeness (QED) is 0.711. The molecule has 0 aliphatic carbocycles. The van der Waals surface area contributed by atoms with E-state index in [0.29, 0.717) is 6.54 Å². The fourth-order valence-electron chi connectivity index (χ4n) is 1.21. The minimum absolute atomic E-state index is 0.0226. The molecule has 74 valence electrons. The van der Waals surface area contributed by atoms with Crippen molar-refractivity contribution in [1.29, 1.82) is 0 Å². The van der Waals surface area contributed by atoms with Gasteiger partial charge in [-0.15, -0.1) is 0 Å². The van der Waals surface area contributed by atoms with Gasteiger partial charge in [0.15, 0.2) is 5.82 Å². The molecule has 1 aromatic rings. The van der Waals surface area contributed by atoms with E-state index in [2.05, 4.69) is 5.10 Å². The Labute approximate surface area is 76.0 Å². The van der Waals surface area contributed by atoms with Gasteiger partial charge in [-0.1, -0.05) is 0 Å². The highest BCUT2D eigenvalue weighted by atomic mass is 19.1. The van der Waals surface area contributed by atoms with Crippen LogP contribution in [0.3, 0.4) is 0 Å². The maximum atomic E-state index is 12.4. The van der Waals surface area contributed by atoms with Crippen LogP contribution < -0.4 is 5.69 Å². The molecule has 0 saturated carbocycles. The minimum atomic E-state index is -0.692. The third-order valence-electron chi connectivity index (χ3n) is 1.89. The van der Waals surface area contributed by atoms with Gasteiger partial charge >= 0.3 is 5.69 Å². The molecule has 0 aliphatic heterocycles. The molecule has 0 N–H and O–H groups in total. The van der Waals surface area contributed by atoms with E-state index < -0.39 is 6.67 Å². The van der Waals surface area contributed by atoms with Crippen molar-refractivity contribution < 1.29 is 4.39 Å². The topological polar surface area (TPSA) is 39.8 Å². The normalized spacial score (nSPS) is 11.2. The SMILES string of the molecule is CCn1c(CF)nn(C(C)C)c1=O. The highest BCUT2D eigenvalue weighted by molar-refractivity contribution is 4.86. The zero-order chi connectivity index (χ0) is 10.0. The van der Waals surface area contributed by atoms with Gasteiger partial charge < -0.3 is 0 Å². The minimum Gasteiger partial charge on any atom is -0.277 e. The van der Waals surface area contributed by atoms with Crippen molar-refractivity contribution in [3.05, 3.63) is 16.3 Å². The largest absolute Gasteiger partial charge is 0.346 e. The number of nitrogens with zero attached hydrogens (tertiary/aromatic N) is 3. The van der Waals surface area contributed by atoms with Crippen molar-refractivity contribution in [3.63, 3.8) is 0 Å². The second kappa shape index (κ2) is 3.72. The summed E-state index contributed by atoms with van der Waals surface area (Å²) in [6.45, 7) is 5.26. The van der Waals surface area contributed by atoms with Crippen molar-refractivity contribution in [1.82, 2.24) is 14.3 Å². The van der Waals surface area contributed by atoms with Crippen molar-refractivity contribution in [2.45, 2.75) is 40.0 Å². The van der Waals surface area contributed by atoms with Crippen LogP contribution in [-0.4, -0.2) is 14.3 Å². The molecule has 0 amide bonds. The molecule has 0 fully saturated rings. The van der Waals surface area contributed by atoms with E-state index in [-0.39, 0.29) is 17.6 Å². The summed E-state index contributed by atoms with van der Waals surface area (Å²) in [6.07, 6.45) is 0. The first kappa shape index (κ1) is 9.95. The zero-order valence-corrected chi connectivity index (χ0v) is 8.12. The number of alkyl halides is 1. The smallest absolute Gasteiger partial charge is 0.277 e. The van der Waals surface area contributed by atoms with Crippen molar-refractivity contribution in [2.24, 2.45) is 0 Å². The zero-order valence-electron chi connectivity index (χ0n) is 8.12. The number of halogens is 1. The molecule has 1 heterocycles. The van der Waals surface area contributed by atoms with E-state index in [9.17, 15) is 9.18 Å². The van der Waals surface area contributed by atoms with Gasteiger partial charge in [-0.3, -0.25) is 4.57 Å². The molecule has 0 radical (unpaired) electrons. The van der Waals surface area contributed by atoms with Gasteiger partial charge in [-0.2, -0.15) is 5.10 Å². The van der Waals surface area contributed by atoms with Gasteiger partial charge in [0.25, 0.3) is 0 Å². The van der Waals surface area contributed by atoms with Crippen molar-refractivity contribution in [2.75, 3.05) is 0 Å². The average Bonchev–Trinajstić information content (AvgIpc) is 2.41. The van der Waals surface area contributed by atoms with Crippen LogP contribution in [0.4, 0.5) is 4.39 Å². The first-order valence-corrected chi connectivity index (χ1v) is 4.36. The highest BCUT2D eigenvalue weighted by Crippen LogP contribution is 2.01. The summed E-state index contributed by atoms with van der Waals surface area (Å²) in [6, 6.07) is -0.0226. The summed E-state index contributed by atoms with van der Waals surface area (Å²) in [5, 5.41) is 3.89. The molecule has 1 aromatic heterocycles. The Balaban J connectivity index is 3.27. The Morgan fingerprint density at radius 2 is 2.15 bits per heavy atom. The third-order valence-corrected chi connectivity index (χ3v) is 1.89. The Bertz CT molecular complexity index is 340.